The van der Waals surface area contributed by atoms with Crippen molar-refractivity contribution in [2.45, 2.75) is 26.7 Å². The molecule has 2 N–H and O–H groups in total. The number of anilines is 1. The van der Waals surface area contributed by atoms with Gasteiger partial charge in [-0.25, -0.2) is 4.98 Å². The summed E-state index contributed by atoms with van der Waals surface area (Å²) in [6, 6.07) is 0. The number of hydrogen-bond acceptors (Lipinski definition) is 6. The van der Waals surface area contributed by atoms with Crippen LogP contribution in [0.1, 0.15) is 25.5 Å². The molecule has 0 aromatic carbocycles. The van der Waals surface area contributed by atoms with Gasteiger partial charge in [-0.2, -0.15) is 0 Å². The molecule has 1 aromatic heterocycles. The van der Waals surface area contributed by atoms with Gasteiger partial charge in [-0.3, -0.25) is 9.59 Å². The Morgan fingerprint density at radius 3 is 2.89 bits per heavy atom. The Labute approximate surface area is 116 Å². The van der Waals surface area contributed by atoms with Crippen LogP contribution in [0.2, 0.25) is 0 Å². The normalized spacial score (nSPS) is 10.2. The first kappa shape index (κ1) is 15.6. The molecule has 1 amide bonds. The lowest BCUT2D eigenvalue weighted by molar-refractivity contribution is -0.143. The van der Waals surface area contributed by atoms with E-state index in [1.807, 2.05) is 12.3 Å². The van der Waals surface area contributed by atoms with E-state index in [-0.39, 0.29) is 18.4 Å². The fourth-order valence-corrected chi connectivity index (χ4v) is 2.07. The summed E-state index contributed by atoms with van der Waals surface area (Å²) in [7, 11) is 0. The molecule has 0 bridgehead atoms. The quantitative estimate of drug-likeness (QED) is 0.556. The fraction of sp³-hybridized carbons (Fsp3) is 0.583. The van der Waals surface area contributed by atoms with Gasteiger partial charge in [-0.15, -0.1) is 11.3 Å². The average molecular weight is 285 g/mol. The van der Waals surface area contributed by atoms with Crippen molar-refractivity contribution < 1.29 is 14.3 Å². The number of aryl methyl sites for hydroxylation is 1. The monoisotopic (exact) mass is 285 g/mol. The molecule has 0 unspecified atom stereocenters. The molecule has 0 atom stereocenters. The van der Waals surface area contributed by atoms with Gasteiger partial charge in [-0.1, -0.05) is 0 Å². The predicted molar refractivity (Wildman–Crippen MR) is 74.2 cm³/mol. The highest BCUT2D eigenvalue weighted by Gasteiger charge is 2.05. The van der Waals surface area contributed by atoms with Gasteiger partial charge in [0, 0.05) is 11.8 Å². The van der Waals surface area contributed by atoms with Gasteiger partial charge in [0.05, 0.1) is 18.8 Å². The van der Waals surface area contributed by atoms with Crippen LogP contribution in [-0.2, 0) is 14.3 Å². The molecule has 1 heterocycles. The van der Waals surface area contributed by atoms with Crippen LogP contribution in [0, 0.1) is 6.92 Å². The maximum atomic E-state index is 11.5. The Kier molecular flexibility index (Phi) is 7.06. The van der Waals surface area contributed by atoms with Crippen molar-refractivity contribution in [2.24, 2.45) is 0 Å². The third-order valence-corrected chi connectivity index (χ3v) is 3.07. The van der Waals surface area contributed by atoms with Crippen LogP contribution in [0.5, 0.6) is 0 Å². The Balaban J connectivity index is 2.06. The van der Waals surface area contributed by atoms with Gasteiger partial charge >= 0.3 is 5.97 Å². The highest BCUT2D eigenvalue weighted by molar-refractivity contribution is 7.13. The average Bonchev–Trinajstić information content (AvgIpc) is 2.74. The molecule has 0 radical (unpaired) electrons. The van der Waals surface area contributed by atoms with E-state index in [0.717, 1.165) is 5.69 Å². The molecular weight excluding hydrogens is 266 g/mol. The van der Waals surface area contributed by atoms with Crippen LogP contribution in [0.25, 0.3) is 0 Å². The molecule has 0 aliphatic rings. The van der Waals surface area contributed by atoms with E-state index < -0.39 is 0 Å². The van der Waals surface area contributed by atoms with E-state index in [1.165, 1.54) is 11.3 Å². The van der Waals surface area contributed by atoms with Crippen molar-refractivity contribution in [1.82, 2.24) is 10.3 Å². The molecule has 0 saturated carbocycles. The van der Waals surface area contributed by atoms with E-state index in [2.05, 4.69) is 15.6 Å². The third-order valence-electron chi connectivity index (χ3n) is 2.19. The van der Waals surface area contributed by atoms with E-state index >= 15 is 0 Å². The summed E-state index contributed by atoms with van der Waals surface area (Å²) in [5, 5.41) is 8.15. The Morgan fingerprint density at radius 2 is 2.26 bits per heavy atom. The topological polar surface area (TPSA) is 80.3 Å². The standard InChI is InChI=1S/C12H19N3O3S/c1-3-18-11(17)5-4-6-13-7-10(16)15-12-14-9(2)8-19-12/h8,13H,3-7H2,1-2H3,(H,14,15,16). The molecular formula is C12H19N3O3S. The lowest BCUT2D eigenvalue weighted by atomic mass is 10.3. The van der Waals surface area contributed by atoms with Gasteiger partial charge in [0.25, 0.3) is 0 Å². The molecule has 6 nitrogen and oxygen atoms in total. The molecule has 0 saturated heterocycles. The van der Waals surface area contributed by atoms with E-state index in [9.17, 15) is 9.59 Å². The van der Waals surface area contributed by atoms with Gasteiger partial charge in [-0.05, 0) is 26.8 Å². The van der Waals surface area contributed by atoms with Crippen molar-refractivity contribution >= 4 is 28.3 Å². The highest BCUT2D eigenvalue weighted by Crippen LogP contribution is 2.13. The van der Waals surface area contributed by atoms with Gasteiger partial charge in [0.15, 0.2) is 5.13 Å². The van der Waals surface area contributed by atoms with Crippen molar-refractivity contribution in [1.29, 1.82) is 0 Å². The number of esters is 1. The molecule has 19 heavy (non-hydrogen) atoms. The number of nitrogens with zero attached hydrogens (tertiary/aromatic N) is 1. The summed E-state index contributed by atoms with van der Waals surface area (Å²) < 4.78 is 4.80. The number of hydrogen-bond donors (Lipinski definition) is 2. The Hall–Kier alpha value is -1.47. The van der Waals surface area contributed by atoms with Gasteiger partial charge < -0.3 is 15.4 Å². The number of carbonyl (C=O) groups excluding carboxylic acids is 2. The number of amides is 1. The van der Waals surface area contributed by atoms with Crippen LogP contribution in [0.15, 0.2) is 5.38 Å². The first-order chi connectivity index (χ1) is 9.11. The van der Waals surface area contributed by atoms with E-state index in [0.29, 0.717) is 31.1 Å². The summed E-state index contributed by atoms with van der Waals surface area (Å²) in [6.45, 7) is 4.87. The molecule has 0 spiro atoms. The van der Waals surface area contributed by atoms with Crippen LogP contribution in [-0.4, -0.2) is 36.6 Å². The van der Waals surface area contributed by atoms with Crippen molar-refractivity contribution in [3.8, 4) is 0 Å². The Morgan fingerprint density at radius 1 is 1.47 bits per heavy atom. The minimum atomic E-state index is -0.202. The zero-order chi connectivity index (χ0) is 14.1. The lowest BCUT2D eigenvalue weighted by Gasteiger charge is -2.04. The number of thiazole rings is 1. The second kappa shape index (κ2) is 8.60. The molecule has 0 aliphatic heterocycles. The molecule has 0 aliphatic carbocycles. The number of aromatic nitrogens is 1. The smallest absolute Gasteiger partial charge is 0.305 e. The van der Waals surface area contributed by atoms with E-state index in [1.54, 1.807) is 6.92 Å². The summed E-state index contributed by atoms with van der Waals surface area (Å²) in [5.41, 5.74) is 0.891. The first-order valence-electron chi connectivity index (χ1n) is 6.20. The van der Waals surface area contributed by atoms with Crippen LogP contribution < -0.4 is 10.6 Å². The minimum Gasteiger partial charge on any atom is -0.466 e. The largest absolute Gasteiger partial charge is 0.466 e. The predicted octanol–water partition coefficient (Wildman–Crippen LogP) is 1.32. The first-order valence-corrected chi connectivity index (χ1v) is 7.08. The van der Waals surface area contributed by atoms with Crippen molar-refractivity contribution in [3.05, 3.63) is 11.1 Å². The van der Waals surface area contributed by atoms with Crippen molar-refractivity contribution in [2.75, 3.05) is 25.0 Å². The zero-order valence-electron chi connectivity index (χ0n) is 11.2. The summed E-state index contributed by atoms with van der Waals surface area (Å²) >= 11 is 1.40. The fourth-order valence-electron chi connectivity index (χ4n) is 1.37. The van der Waals surface area contributed by atoms with Crippen molar-refractivity contribution in [3.63, 3.8) is 0 Å². The number of carbonyl (C=O) groups is 2. The zero-order valence-corrected chi connectivity index (χ0v) is 12.0. The van der Waals surface area contributed by atoms with Gasteiger partial charge in [0.1, 0.15) is 0 Å². The number of rotatable bonds is 8. The molecule has 1 rings (SSSR count). The van der Waals surface area contributed by atoms with Crippen LogP contribution >= 0.6 is 11.3 Å². The molecule has 106 valence electrons. The molecule has 0 fully saturated rings. The summed E-state index contributed by atoms with van der Waals surface area (Å²) in [5.74, 6) is -0.336. The van der Waals surface area contributed by atoms with Gasteiger partial charge in [0.2, 0.25) is 5.91 Å². The molecule has 1 aromatic rings. The second-order valence-electron chi connectivity index (χ2n) is 3.93. The molecule has 7 heteroatoms. The lowest BCUT2D eigenvalue weighted by Crippen LogP contribution is -2.29. The number of nitrogens with one attached hydrogen (secondary N) is 2. The summed E-state index contributed by atoms with van der Waals surface area (Å²) in [4.78, 5) is 26.7. The maximum Gasteiger partial charge on any atom is 0.305 e. The van der Waals surface area contributed by atoms with Crippen LogP contribution in [0.4, 0.5) is 5.13 Å². The van der Waals surface area contributed by atoms with E-state index in [4.69, 9.17) is 4.74 Å². The number of ether oxygens (including phenoxy) is 1. The minimum absolute atomic E-state index is 0.134. The van der Waals surface area contributed by atoms with Crippen LogP contribution in [0.3, 0.4) is 0 Å². The second-order valence-corrected chi connectivity index (χ2v) is 4.79. The maximum absolute atomic E-state index is 11.5. The Bertz CT molecular complexity index is 420. The third kappa shape index (κ3) is 6.88. The summed E-state index contributed by atoms with van der Waals surface area (Å²) in [6.07, 6.45) is 1.02. The SMILES string of the molecule is CCOC(=O)CCCNCC(=O)Nc1nc(C)cs1. The highest BCUT2D eigenvalue weighted by atomic mass is 32.1.